The van der Waals surface area contributed by atoms with Gasteiger partial charge in [0.05, 0.1) is 34.8 Å². The standard InChI is InChI=1S/C27H21FN6O/c1-16(21-9-5-6-12-30-21)32-27(35)25-26(29)34-23(17-7-3-2-4-8-17)24(33-25)18-10-11-22-19(13-18)14-20(28)15-31-22/h2-16H,1H3,(H2,29,34)(H,32,35)/t16-/m1/s1. The van der Waals surface area contributed by atoms with Crippen LogP contribution >= 0.6 is 0 Å². The summed E-state index contributed by atoms with van der Waals surface area (Å²) >= 11 is 0. The van der Waals surface area contributed by atoms with E-state index < -0.39 is 11.7 Å². The van der Waals surface area contributed by atoms with Gasteiger partial charge in [-0.1, -0.05) is 42.5 Å². The molecule has 0 saturated heterocycles. The van der Waals surface area contributed by atoms with E-state index in [1.807, 2.05) is 55.5 Å². The van der Waals surface area contributed by atoms with Gasteiger partial charge in [-0.2, -0.15) is 0 Å². The highest BCUT2D eigenvalue weighted by atomic mass is 19.1. The number of benzene rings is 2. The summed E-state index contributed by atoms with van der Waals surface area (Å²) in [7, 11) is 0. The molecule has 2 aromatic carbocycles. The number of nitrogens with zero attached hydrogens (tertiary/aromatic N) is 4. The molecule has 3 N–H and O–H groups in total. The first-order valence-electron chi connectivity index (χ1n) is 11.0. The molecule has 0 aliphatic carbocycles. The number of anilines is 1. The normalized spacial score (nSPS) is 11.8. The molecule has 5 rings (SSSR count). The van der Waals surface area contributed by atoms with Gasteiger partial charge in [0, 0.05) is 22.7 Å². The van der Waals surface area contributed by atoms with Crippen molar-refractivity contribution in [2.24, 2.45) is 0 Å². The number of carbonyl (C=O) groups excluding carboxylic acids is 1. The predicted molar refractivity (Wildman–Crippen MR) is 133 cm³/mol. The quantitative estimate of drug-likeness (QED) is 0.381. The van der Waals surface area contributed by atoms with Gasteiger partial charge >= 0.3 is 0 Å². The lowest BCUT2D eigenvalue weighted by Gasteiger charge is -2.16. The van der Waals surface area contributed by atoms with Crippen LogP contribution in [0.3, 0.4) is 0 Å². The van der Waals surface area contributed by atoms with Crippen molar-refractivity contribution in [1.82, 2.24) is 25.3 Å². The molecule has 0 fully saturated rings. The molecule has 5 aromatic rings. The summed E-state index contributed by atoms with van der Waals surface area (Å²) in [6.07, 6.45) is 2.84. The van der Waals surface area contributed by atoms with Gasteiger partial charge in [-0.25, -0.2) is 14.4 Å². The Morgan fingerprint density at radius 2 is 1.69 bits per heavy atom. The molecular formula is C27H21FN6O. The van der Waals surface area contributed by atoms with Gasteiger partial charge in [-0.05, 0) is 37.3 Å². The maximum atomic E-state index is 13.8. The van der Waals surface area contributed by atoms with Crippen molar-refractivity contribution in [3.63, 3.8) is 0 Å². The Balaban J connectivity index is 1.61. The number of pyridine rings is 2. The number of hydrogen-bond donors (Lipinski definition) is 2. The fourth-order valence-corrected chi connectivity index (χ4v) is 3.84. The summed E-state index contributed by atoms with van der Waals surface area (Å²) in [4.78, 5) is 30.8. The van der Waals surface area contributed by atoms with E-state index in [9.17, 15) is 9.18 Å². The zero-order valence-electron chi connectivity index (χ0n) is 18.8. The second kappa shape index (κ2) is 9.26. The number of halogens is 1. The van der Waals surface area contributed by atoms with Gasteiger partial charge < -0.3 is 11.1 Å². The molecule has 0 aliphatic heterocycles. The Morgan fingerprint density at radius 1 is 0.914 bits per heavy atom. The number of nitrogen functional groups attached to an aromatic ring is 1. The molecule has 0 bridgehead atoms. The predicted octanol–water partition coefficient (Wildman–Crippen LogP) is 4.97. The minimum atomic E-state index is -0.470. The van der Waals surface area contributed by atoms with Crippen LogP contribution in [-0.4, -0.2) is 25.8 Å². The van der Waals surface area contributed by atoms with Crippen molar-refractivity contribution < 1.29 is 9.18 Å². The third kappa shape index (κ3) is 4.54. The van der Waals surface area contributed by atoms with E-state index in [0.29, 0.717) is 33.5 Å². The fraction of sp³-hybridized carbons (Fsp3) is 0.0741. The summed E-state index contributed by atoms with van der Waals surface area (Å²) in [6, 6.07) is 21.3. The summed E-state index contributed by atoms with van der Waals surface area (Å²) < 4.78 is 13.8. The van der Waals surface area contributed by atoms with Crippen LogP contribution in [0.5, 0.6) is 0 Å². The van der Waals surface area contributed by atoms with Crippen LogP contribution in [0.4, 0.5) is 10.2 Å². The fourth-order valence-electron chi connectivity index (χ4n) is 3.84. The van der Waals surface area contributed by atoms with E-state index in [1.54, 1.807) is 24.4 Å². The van der Waals surface area contributed by atoms with Crippen molar-refractivity contribution in [3.05, 3.63) is 102 Å². The SMILES string of the molecule is C[C@@H](NC(=O)c1nc(-c2ccc3ncc(F)cc3c2)c(-c2ccccc2)nc1N)c1ccccn1. The molecule has 35 heavy (non-hydrogen) atoms. The number of rotatable bonds is 5. The molecule has 7 nitrogen and oxygen atoms in total. The first-order valence-corrected chi connectivity index (χ1v) is 11.0. The van der Waals surface area contributed by atoms with Gasteiger partial charge in [0.2, 0.25) is 0 Å². The minimum Gasteiger partial charge on any atom is -0.382 e. The minimum absolute atomic E-state index is 0.0000681. The monoisotopic (exact) mass is 464 g/mol. The maximum Gasteiger partial charge on any atom is 0.274 e. The van der Waals surface area contributed by atoms with Crippen LogP contribution in [0.25, 0.3) is 33.4 Å². The highest BCUT2D eigenvalue weighted by molar-refractivity contribution is 5.98. The third-order valence-corrected chi connectivity index (χ3v) is 5.59. The maximum absolute atomic E-state index is 13.8. The third-order valence-electron chi connectivity index (χ3n) is 5.59. The Labute approximate surface area is 200 Å². The molecule has 3 aromatic heterocycles. The first-order chi connectivity index (χ1) is 17.0. The molecule has 0 aliphatic rings. The lowest BCUT2D eigenvalue weighted by Crippen LogP contribution is -2.29. The second-order valence-electron chi connectivity index (χ2n) is 8.03. The van der Waals surface area contributed by atoms with Crippen LogP contribution in [0.1, 0.15) is 29.1 Å². The van der Waals surface area contributed by atoms with Crippen molar-refractivity contribution >= 4 is 22.6 Å². The van der Waals surface area contributed by atoms with E-state index in [0.717, 1.165) is 5.56 Å². The number of hydrogen-bond acceptors (Lipinski definition) is 6. The number of carbonyl (C=O) groups is 1. The molecular weight excluding hydrogens is 443 g/mol. The van der Waals surface area contributed by atoms with Gasteiger partial charge in [-0.3, -0.25) is 14.8 Å². The molecule has 0 radical (unpaired) electrons. The number of aromatic nitrogens is 4. The molecule has 3 heterocycles. The summed E-state index contributed by atoms with van der Waals surface area (Å²) in [5.74, 6) is -0.903. The highest BCUT2D eigenvalue weighted by Crippen LogP contribution is 2.32. The Morgan fingerprint density at radius 3 is 2.46 bits per heavy atom. The van der Waals surface area contributed by atoms with Gasteiger partial charge in [0.15, 0.2) is 11.5 Å². The molecule has 0 unspecified atom stereocenters. The van der Waals surface area contributed by atoms with E-state index in [2.05, 4.69) is 25.3 Å². The number of fused-ring (bicyclic) bond motifs is 1. The van der Waals surface area contributed by atoms with Crippen molar-refractivity contribution in [1.29, 1.82) is 0 Å². The van der Waals surface area contributed by atoms with Crippen molar-refractivity contribution in [2.45, 2.75) is 13.0 Å². The molecule has 1 atom stereocenters. The number of nitrogens with one attached hydrogen (secondary N) is 1. The number of nitrogens with two attached hydrogens (primary N) is 1. The molecule has 8 heteroatoms. The largest absolute Gasteiger partial charge is 0.382 e. The zero-order valence-corrected chi connectivity index (χ0v) is 18.8. The van der Waals surface area contributed by atoms with E-state index in [1.165, 1.54) is 12.3 Å². The van der Waals surface area contributed by atoms with Crippen LogP contribution in [0, 0.1) is 5.82 Å². The lowest BCUT2D eigenvalue weighted by molar-refractivity contribution is 0.0935. The highest BCUT2D eigenvalue weighted by Gasteiger charge is 2.22. The molecule has 172 valence electrons. The Kier molecular flexibility index (Phi) is 5.85. The van der Waals surface area contributed by atoms with Crippen LogP contribution in [0.2, 0.25) is 0 Å². The summed E-state index contributed by atoms with van der Waals surface area (Å²) in [6.45, 7) is 1.83. The average molecular weight is 465 g/mol. The van der Waals surface area contributed by atoms with Gasteiger partial charge in [0.25, 0.3) is 5.91 Å². The average Bonchev–Trinajstić information content (AvgIpc) is 2.89. The smallest absolute Gasteiger partial charge is 0.274 e. The molecule has 0 saturated carbocycles. The zero-order chi connectivity index (χ0) is 24.4. The summed E-state index contributed by atoms with van der Waals surface area (Å²) in [5.41, 5.74) is 9.98. The molecule has 0 spiro atoms. The van der Waals surface area contributed by atoms with Gasteiger partial charge in [0.1, 0.15) is 5.82 Å². The molecule has 1 amide bonds. The first kappa shape index (κ1) is 22.1. The van der Waals surface area contributed by atoms with Crippen LogP contribution in [0.15, 0.2) is 85.2 Å². The van der Waals surface area contributed by atoms with Crippen molar-refractivity contribution in [3.8, 4) is 22.5 Å². The van der Waals surface area contributed by atoms with Gasteiger partial charge in [-0.15, -0.1) is 0 Å². The van der Waals surface area contributed by atoms with E-state index in [4.69, 9.17) is 5.73 Å². The van der Waals surface area contributed by atoms with Crippen LogP contribution in [-0.2, 0) is 0 Å². The van der Waals surface area contributed by atoms with E-state index >= 15 is 0 Å². The van der Waals surface area contributed by atoms with E-state index in [-0.39, 0.29) is 17.6 Å². The number of amides is 1. The topological polar surface area (TPSA) is 107 Å². The Hall–Kier alpha value is -4.72. The second-order valence-corrected chi connectivity index (χ2v) is 8.03. The Bertz CT molecular complexity index is 1530. The van der Waals surface area contributed by atoms with Crippen molar-refractivity contribution in [2.75, 3.05) is 5.73 Å². The van der Waals surface area contributed by atoms with Crippen LogP contribution < -0.4 is 11.1 Å². The lowest BCUT2D eigenvalue weighted by atomic mass is 10.0. The summed E-state index contributed by atoms with van der Waals surface area (Å²) in [5, 5.41) is 3.49.